The minimum atomic E-state index is -0.0784. The maximum atomic E-state index is 12.3. The molecule has 0 radical (unpaired) electrons. The number of carbonyl (C=O) groups is 1. The van der Waals surface area contributed by atoms with Crippen molar-refractivity contribution in [2.24, 2.45) is 0 Å². The Kier molecular flexibility index (Phi) is 4.68. The van der Waals surface area contributed by atoms with E-state index in [1.165, 1.54) is 0 Å². The van der Waals surface area contributed by atoms with Gasteiger partial charge in [-0.1, -0.05) is 6.92 Å². The largest absolute Gasteiger partial charge is 0.377 e. The van der Waals surface area contributed by atoms with E-state index in [4.69, 9.17) is 4.74 Å². The molecule has 104 valence electrons. The minimum Gasteiger partial charge on any atom is -0.377 e. The van der Waals surface area contributed by atoms with Gasteiger partial charge in [0.05, 0.1) is 19.3 Å². The third-order valence-corrected chi connectivity index (χ3v) is 3.07. The number of rotatable bonds is 4. The molecule has 1 aliphatic heterocycles. The Labute approximate surface area is 113 Å². The Hall–Kier alpha value is -1.69. The fourth-order valence-electron chi connectivity index (χ4n) is 1.97. The SMILES string of the molecule is CCCNc1ccc(C(=O)N2CCOCC2C)nn1. The maximum absolute atomic E-state index is 12.3. The van der Waals surface area contributed by atoms with E-state index < -0.39 is 0 Å². The molecule has 1 fully saturated rings. The van der Waals surface area contributed by atoms with Gasteiger partial charge in [-0.05, 0) is 25.5 Å². The van der Waals surface area contributed by atoms with Crippen molar-refractivity contribution in [2.45, 2.75) is 26.3 Å². The number of hydrogen-bond donors (Lipinski definition) is 1. The molecule has 1 aromatic rings. The fraction of sp³-hybridized carbons (Fsp3) is 0.615. The molecule has 19 heavy (non-hydrogen) atoms. The number of morpholine rings is 1. The lowest BCUT2D eigenvalue weighted by Gasteiger charge is -2.32. The summed E-state index contributed by atoms with van der Waals surface area (Å²) in [5.74, 6) is 0.624. The summed E-state index contributed by atoms with van der Waals surface area (Å²) in [7, 11) is 0. The van der Waals surface area contributed by atoms with Gasteiger partial charge in [-0.15, -0.1) is 10.2 Å². The highest BCUT2D eigenvalue weighted by Crippen LogP contribution is 2.11. The van der Waals surface area contributed by atoms with Gasteiger partial charge < -0.3 is 15.0 Å². The van der Waals surface area contributed by atoms with Crippen LogP contribution in [-0.2, 0) is 4.74 Å². The van der Waals surface area contributed by atoms with Crippen molar-refractivity contribution in [1.82, 2.24) is 15.1 Å². The zero-order chi connectivity index (χ0) is 13.7. The summed E-state index contributed by atoms with van der Waals surface area (Å²) in [6.45, 7) is 6.68. The van der Waals surface area contributed by atoms with Crippen LogP contribution in [0.3, 0.4) is 0 Å². The minimum absolute atomic E-state index is 0.0784. The van der Waals surface area contributed by atoms with E-state index in [1.54, 1.807) is 17.0 Å². The van der Waals surface area contributed by atoms with Crippen LogP contribution in [0.15, 0.2) is 12.1 Å². The number of anilines is 1. The number of carbonyl (C=O) groups excluding carboxylic acids is 1. The number of hydrogen-bond acceptors (Lipinski definition) is 5. The molecule has 0 saturated carbocycles. The zero-order valence-electron chi connectivity index (χ0n) is 11.4. The molecule has 2 rings (SSSR count). The van der Waals surface area contributed by atoms with Gasteiger partial charge in [-0.25, -0.2) is 0 Å². The third kappa shape index (κ3) is 3.41. The van der Waals surface area contributed by atoms with Crippen LogP contribution in [0, 0.1) is 0 Å². The molecular formula is C13H20N4O2. The first-order valence-corrected chi connectivity index (χ1v) is 6.68. The van der Waals surface area contributed by atoms with Crippen LogP contribution in [0.5, 0.6) is 0 Å². The lowest BCUT2D eigenvalue weighted by molar-refractivity contribution is 0.00321. The van der Waals surface area contributed by atoms with Crippen LogP contribution in [0.2, 0.25) is 0 Å². The fourth-order valence-corrected chi connectivity index (χ4v) is 1.97. The van der Waals surface area contributed by atoms with E-state index in [2.05, 4.69) is 22.4 Å². The van der Waals surface area contributed by atoms with E-state index in [1.807, 2.05) is 6.92 Å². The molecule has 6 nitrogen and oxygen atoms in total. The van der Waals surface area contributed by atoms with Crippen molar-refractivity contribution in [3.63, 3.8) is 0 Å². The van der Waals surface area contributed by atoms with Crippen LogP contribution in [-0.4, -0.2) is 53.3 Å². The number of amides is 1. The van der Waals surface area contributed by atoms with E-state index in [0.717, 1.165) is 13.0 Å². The molecule has 1 N–H and O–H groups in total. The highest BCUT2D eigenvalue weighted by molar-refractivity contribution is 5.92. The third-order valence-electron chi connectivity index (χ3n) is 3.07. The van der Waals surface area contributed by atoms with Gasteiger partial charge in [0, 0.05) is 13.1 Å². The first kappa shape index (κ1) is 13.7. The summed E-state index contributed by atoms with van der Waals surface area (Å²) < 4.78 is 5.32. The van der Waals surface area contributed by atoms with Crippen molar-refractivity contribution in [3.8, 4) is 0 Å². The average Bonchev–Trinajstić information content (AvgIpc) is 2.45. The van der Waals surface area contributed by atoms with Gasteiger partial charge in [0.1, 0.15) is 5.82 Å². The van der Waals surface area contributed by atoms with Gasteiger partial charge in [-0.3, -0.25) is 4.79 Å². The van der Waals surface area contributed by atoms with Gasteiger partial charge >= 0.3 is 0 Å². The molecule has 0 bridgehead atoms. The Balaban J connectivity index is 2.02. The predicted octanol–water partition coefficient (Wildman–Crippen LogP) is 1.16. The molecule has 1 unspecified atom stereocenters. The summed E-state index contributed by atoms with van der Waals surface area (Å²) >= 11 is 0. The van der Waals surface area contributed by atoms with Gasteiger partial charge in [-0.2, -0.15) is 0 Å². The van der Waals surface area contributed by atoms with Crippen molar-refractivity contribution in [1.29, 1.82) is 0 Å². The Morgan fingerprint density at radius 3 is 3.00 bits per heavy atom. The molecule has 1 aromatic heterocycles. The number of nitrogens with zero attached hydrogens (tertiary/aromatic N) is 3. The molecule has 2 heterocycles. The van der Waals surface area contributed by atoms with E-state index in [0.29, 0.717) is 31.3 Å². The molecule has 0 aliphatic carbocycles. The first-order chi connectivity index (χ1) is 9.22. The lowest BCUT2D eigenvalue weighted by atomic mass is 10.2. The normalized spacial score (nSPS) is 19.3. The molecule has 0 spiro atoms. The number of aromatic nitrogens is 2. The van der Waals surface area contributed by atoms with Crippen molar-refractivity contribution >= 4 is 11.7 Å². The summed E-state index contributed by atoms with van der Waals surface area (Å²) in [4.78, 5) is 14.1. The van der Waals surface area contributed by atoms with Gasteiger partial charge in [0.2, 0.25) is 0 Å². The van der Waals surface area contributed by atoms with Crippen LogP contribution >= 0.6 is 0 Å². The van der Waals surface area contributed by atoms with Crippen molar-refractivity contribution in [2.75, 3.05) is 31.6 Å². The smallest absolute Gasteiger partial charge is 0.274 e. The molecule has 1 aliphatic rings. The predicted molar refractivity (Wildman–Crippen MR) is 72.1 cm³/mol. The standard InChI is InChI=1S/C13H20N4O2/c1-3-6-14-12-5-4-11(15-16-12)13(18)17-7-8-19-9-10(17)2/h4-5,10H,3,6-9H2,1-2H3,(H,14,16). The lowest BCUT2D eigenvalue weighted by Crippen LogP contribution is -2.47. The molecule has 1 amide bonds. The van der Waals surface area contributed by atoms with E-state index in [9.17, 15) is 4.79 Å². The second-order valence-corrected chi connectivity index (χ2v) is 4.65. The Bertz CT molecular complexity index is 421. The Morgan fingerprint density at radius 2 is 2.37 bits per heavy atom. The second-order valence-electron chi connectivity index (χ2n) is 4.65. The van der Waals surface area contributed by atoms with Crippen LogP contribution in [0.1, 0.15) is 30.8 Å². The summed E-state index contributed by atoms with van der Waals surface area (Å²) in [5, 5.41) is 11.1. The highest BCUT2D eigenvalue weighted by atomic mass is 16.5. The van der Waals surface area contributed by atoms with E-state index >= 15 is 0 Å². The molecule has 6 heteroatoms. The van der Waals surface area contributed by atoms with Gasteiger partial charge in [0.15, 0.2) is 5.69 Å². The topological polar surface area (TPSA) is 67.4 Å². The van der Waals surface area contributed by atoms with Crippen LogP contribution < -0.4 is 5.32 Å². The second kappa shape index (κ2) is 6.47. The molecule has 0 aromatic carbocycles. The van der Waals surface area contributed by atoms with Crippen LogP contribution in [0.4, 0.5) is 5.82 Å². The first-order valence-electron chi connectivity index (χ1n) is 6.68. The molecule has 1 atom stereocenters. The van der Waals surface area contributed by atoms with Crippen molar-refractivity contribution < 1.29 is 9.53 Å². The number of nitrogens with one attached hydrogen (secondary N) is 1. The maximum Gasteiger partial charge on any atom is 0.274 e. The quantitative estimate of drug-likeness (QED) is 0.884. The average molecular weight is 264 g/mol. The Morgan fingerprint density at radius 1 is 1.53 bits per heavy atom. The van der Waals surface area contributed by atoms with E-state index in [-0.39, 0.29) is 11.9 Å². The highest BCUT2D eigenvalue weighted by Gasteiger charge is 2.25. The van der Waals surface area contributed by atoms with Gasteiger partial charge in [0.25, 0.3) is 5.91 Å². The zero-order valence-corrected chi connectivity index (χ0v) is 11.4. The number of ether oxygens (including phenoxy) is 1. The summed E-state index contributed by atoms with van der Waals surface area (Å²) in [5.41, 5.74) is 0.385. The van der Waals surface area contributed by atoms with Crippen LogP contribution in [0.25, 0.3) is 0 Å². The summed E-state index contributed by atoms with van der Waals surface area (Å²) in [6.07, 6.45) is 1.02. The monoisotopic (exact) mass is 264 g/mol. The molecular weight excluding hydrogens is 244 g/mol. The van der Waals surface area contributed by atoms with Crippen molar-refractivity contribution in [3.05, 3.63) is 17.8 Å². The summed E-state index contributed by atoms with van der Waals surface area (Å²) in [6, 6.07) is 3.59. The molecule has 1 saturated heterocycles.